The van der Waals surface area contributed by atoms with Crippen molar-refractivity contribution >= 4 is 14.9 Å². The number of rotatable bonds is 4. The second kappa shape index (κ2) is 5.72. The number of aromatic nitrogens is 3. The zero-order valence-electron chi connectivity index (χ0n) is 13.9. The van der Waals surface area contributed by atoms with Crippen molar-refractivity contribution in [2.45, 2.75) is 23.9 Å². The molecular formula is C18H15F2N4OP. The molecule has 3 aromatic rings. The van der Waals surface area contributed by atoms with E-state index >= 15 is 0 Å². The molecule has 8 heteroatoms. The van der Waals surface area contributed by atoms with Gasteiger partial charge in [-0.25, -0.2) is 9.97 Å². The highest BCUT2D eigenvalue weighted by atomic mass is 31.0. The quantitative estimate of drug-likeness (QED) is 0.652. The molecule has 0 amide bonds. The number of alkyl halides is 2. The molecule has 26 heavy (non-hydrogen) atoms. The summed E-state index contributed by atoms with van der Waals surface area (Å²) in [6, 6.07) is 7.92. The summed E-state index contributed by atoms with van der Waals surface area (Å²) in [4.78, 5) is 7.99. The zero-order chi connectivity index (χ0) is 18.5. The molecule has 0 aliphatic heterocycles. The first-order chi connectivity index (χ1) is 12.4. The lowest BCUT2D eigenvalue weighted by atomic mass is 9.95. The van der Waals surface area contributed by atoms with Crippen molar-refractivity contribution in [3.05, 3.63) is 48.2 Å². The van der Waals surface area contributed by atoms with Crippen molar-refractivity contribution in [3.63, 3.8) is 0 Å². The Kier molecular flexibility index (Phi) is 3.71. The minimum Gasteiger partial charge on any atom is -0.496 e. The number of nitriles is 1. The van der Waals surface area contributed by atoms with Crippen LogP contribution in [0.1, 0.15) is 24.2 Å². The molecule has 5 nitrogen and oxygen atoms in total. The van der Waals surface area contributed by atoms with Crippen molar-refractivity contribution < 1.29 is 13.5 Å². The van der Waals surface area contributed by atoms with E-state index in [9.17, 15) is 14.0 Å². The third kappa shape index (κ3) is 2.62. The van der Waals surface area contributed by atoms with E-state index in [1.54, 1.807) is 19.5 Å². The Balaban J connectivity index is 1.84. The Morgan fingerprint density at radius 1 is 1.31 bits per heavy atom. The monoisotopic (exact) mass is 372 g/mol. The third-order valence-corrected chi connectivity index (χ3v) is 4.97. The Morgan fingerprint density at radius 3 is 2.69 bits per heavy atom. The summed E-state index contributed by atoms with van der Waals surface area (Å²) in [6.45, 7) is 0. The molecule has 1 fully saturated rings. The minimum absolute atomic E-state index is 0.336. The molecule has 2 aromatic heterocycles. The lowest BCUT2D eigenvalue weighted by Gasteiger charge is -2.14. The highest BCUT2D eigenvalue weighted by molar-refractivity contribution is 7.17. The van der Waals surface area contributed by atoms with E-state index < -0.39 is 16.9 Å². The predicted molar refractivity (Wildman–Crippen MR) is 95.1 cm³/mol. The number of benzene rings is 1. The number of methoxy groups -OCH3 is 1. The summed E-state index contributed by atoms with van der Waals surface area (Å²) in [5, 5.41) is 9.38. The minimum atomic E-state index is -3.16. The van der Waals surface area contributed by atoms with E-state index in [-0.39, 0.29) is 0 Å². The number of hydrogen-bond acceptors (Lipinski definition) is 4. The fourth-order valence-corrected chi connectivity index (χ4v) is 3.30. The number of ether oxygens (including phenoxy) is 1. The molecule has 4 rings (SSSR count). The van der Waals surface area contributed by atoms with Crippen LogP contribution in [0, 0.1) is 11.3 Å². The van der Waals surface area contributed by atoms with Gasteiger partial charge >= 0.3 is 5.66 Å². The number of nitrogens with zero attached hydrogens (tertiary/aromatic N) is 4. The molecule has 1 aromatic carbocycles. The first-order valence-corrected chi connectivity index (χ1v) is 8.56. The van der Waals surface area contributed by atoms with Gasteiger partial charge < -0.3 is 4.74 Å². The molecular weight excluding hydrogens is 357 g/mol. The summed E-state index contributed by atoms with van der Waals surface area (Å²) >= 11 is 0. The van der Waals surface area contributed by atoms with Crippen molar-refractivity contribution in [2.75, 3.05) is 7.11 Å². The molecule has 1 unspecified atom stereocenters. The zero-order valence-corrected chi connectivity index (χ0v) is 15.1. The number of halogens is 2. The van der Waals surface area contributed by atoms with Gasteiger partial charge in [0, 0.05) is 23.5 Å². The summed E-state index contributed by atoms with van der Waals surface area (Å²) < 4.78 is 34.2. The fraction of sp³-hybridized carbons (Fsp3) is 0.278. The van der Waals surface area contributed by atoms with Crippen LogP contribution < -0.4 is 4.74 Å². The topological polar surface area (TPSA) is 63.2 Å². The highest BCUT2D eigenvalue weighted by Crippen LogP contribution is 2.49. The van der Waals surface area contributed by atoms with Gasteiger partial charge in [-0.05, 0) is 24.5 Å². The standard InChI is InChI=1S/C18H15F2N4OP/c1-25-14-6-12(17(10-21)4-5-17)2-3-13(14)11-7-22-15-8-23-16(18(19,20)26)24(15)9-11/h2-3,6-9H,4-5,26H2,1H3. The largest absolute Gasteiger partial charge is 0.496 e. The molecule has 0 bridgehead atoms. The summed E-state index contributed by atoms with van der Waals surface area (Å²) in [7, 11) is 3.03. The van der Waals surface area contributed by atoms with E-state index in [2.05, 4.69) is 16.0 Å². The van der Waals surface area contributed by atoms with Crippen molar-refractivity contribution in [2.24, 2.45) is 0 Å². The van der Waals surface area contributed by atoms with Crippen LogP contribution in [-0.4, -0.2) is 21.5 Å². The van der Waals surface area contributed by atoms with Gasteiger partial charge in [-0.2, -0.15) is 14.0 Å². The van der Waals surface area contributed by atoms with Gasteiger partial charge in [-0.3, -0.25) is 4.40 Å². The summed E-state index contributed by atoms with van der Waals surface area (Å²) in [6.07, 6.45) is 6.14. The molecule has 2 heterocycles. The normalized spacial score (nSPS) is 15.7. The van der Waals surface area contributed by atoms with Crippen LogP contribution in [0.15, 0.2) is 36.8 Å². The average Bonchev–Trinajstić information content (AvgIpc) is 3.31. The maximum Gasteiger partial charge on any atom is 0.315 e. The van der Waals surface area contributed by atoms with Crippen LogP contribution >= 0.6 is 9.24 Å². The molecule has 0 saturated heterocycles. The van der Waals surface area contributed by atoms with Gasteiger partial charge in [0.2, 0.25) is 0 Å². The predicted octanol–water partition coefficient (Wildman–Crippen LogP) is 3.88. The van der Waals surface area contributed by atoms with Gasteiger partial charge in [0.15, 0.2) is 11.5 Å². The van der Waals surface area contributed by atoms with E-state index in [4.69, 9.17) is 4.74 Å². The molecule has 1 aliphatic carbocycles. The first kappa shape index (κ1) is 16.9. The van der Waals surface area contributed by atoms with Gasteiger partial charge in [0.1, 0.15) is 5.75 Å². The average molecular weight is 372 g/mol. The summed E-state index contributed by atoms with van der Waals surface area (Å²) in [5.41, 5.74) is -1.00. The molecule has 1 atom stereocenters. The van der Waals surface area contributed by atoms with Crippen LogP contribution in [0.3, 0.4) is 0 Å². The second-order valence-corrected chi connectivity index (χ2v) is 7.11. The van der Waals surface area contributed by atoms with Crippen molar-refractivity contribution in [1.29, 1.82) is 5.26 Å². The van der Waals surface area contributed by atoms with E-state index in [0.29, 0.717) is 22.5 Å². The third-order valence-electron chi connectivity index (χ3n) is 4.71. The molecule has 1 saturated carbocycles. The Morgan fingerprint density at radius 2 is 2.08 bits per heavy atom. The van der Waals surface area contributed by atoms with Gasteiger partial charge in [0.05, 0.1) is 24.8 Å². The van der Waals surface area contributed by atoms with Crippen LogP contribution in [0.4, 0.5) is 8.78 Å². The van der Waals surface area contributed by atoms with Crippen LogP contribution in [0.5, 0.6) is 5.75 Å². The second-order valence-electron chi connectivity index (χ2n) is 6.38. The van der Waals surface area contributed by atoms with Crippen LogP contribution in [0.25, 0.3) is 16.8 Å². The molecule has 132 valence electrons. The fourth-order valence-electron chi connectivity index (χ4n) is 3.09. The van der Waals surface area contributed by atoms with E-state index in [1.807, 2.05) is 18.2 Å². The number of fused-ring (bicyclic) bond motifs is 1. The lowest BCUT2D eigenvalue weighted by molar-refractivity contribution is 0.0924. The van der Waals surface area contributed by atoms with Crippen LogP contribution in [0.2, 0.25) is 0 Å². The van der Waals surface area contributed by atoms with Gasteiger partial charge in [-0.15, -0.1) is 0 Å². The van der Waals surface area contributed by atoms with E-state index in [0.717, 1.165) is 18.4 Å². The SMILES string of the molecule is COc1cc(C2(C#N)CC2)ccc1-c1cnc2cnc(C(F)(F)P)n2c1. The Hall–Kier alpha value is -2.58. The smallest absolute Gasteiger partial charge is 0.315 e. The molecule has 0 spiro atoms. The van der Waals surface area contributed by atoms with Crippen LogP contribution in [-0.2, 0) is 11.1 Å². The van der Waals surface area contributed by atoms with Crippen molar-refractivity contribution in [3.8, 4) is 22.9 Å². The first-order valence-electron chi connectivity index (χ1n) is 7.98. The molecule has 1 aliphatic rings. The lowest BCUT2D eigenvalue weighted by Crippen LogP contribution is -2.09. The van der Waals surface area contributed by atoms with E-state index in [1.165, 1.54) is 19.8 Å². The van der Waals surface area contributed by atoms with Gasteiger partial charge in [-0.1, -0.05) is 21.4 Å². The van der Waals surface area contributed by atoms with Gasteiger partial charge in [0.25, 0.3) is 0 Å². The Bertz CT molecular complexity index is 1050. The number of imidazole rings is 1. The summed E-state index contributed by atoms with van der Waals surface area (Å²) in [5.74, 6) is 0.174. The maximum atomic E-state index is 13.7. The Labute approximate surface area is 150 Å². The highest BCUT2D eigenvalue weighted by Gasteiger charge is 2.45. The van der Waals surface area contributed by atoms with Crippen molar-refractivity contribution in [1.82, 2.24) is 14.4 Å². The molecule has 0 N–H and O–H groups in total. The maximum absolute atomic E-state index is 13.7. The number of hydrogen-bond donors (Lipinski definition) is 0. The molecule has 0 radical (unpaired) electrons.